The number of ether oxygens (including phenoxy) is 2. The van der Waals surface area contributed by atoms with Gasteiger partial charge in [-0.1, -0.05) is 17.3 Å². The largest absolute Gasteiger partial charge is 0.497 e. The number of rotatable bonds is 8. The molecule has 0 saturated carbocycles. The first-order chi connectivity index (χ1) is 16.0. The number of hydrogen-bond donors (Lipinski definition) is 1. The van der Waals surface area contributed by atoms with Crippen molar-refractivity contribution in [2.24, 2.45) is 0 Å². The maximum atomic E-state index is 13.3. The molecule has 0 spiro atoms. The van der Waals surface area contributed by atoms with Crippen LogP contribution in [0.1, 0.15) is 30.8 Å². The van der Waals surface area contributed by atoms with Gasteiger partial charge in [0.15, 0.2) is 5.11 Å². The Labute approximate surface area is 197 Å². The summed E-state index contributed by atoms with van der Waals surface area (Å²) in [4.78, 5) is 6.65. The standard InChI is InChI=1S/C24H25FN4O3S/c1-15-20(23-27-22(28-32-23)17-5-9-18(25)10-6-17)21(16-7-11-19(31-3)12-8-16)26-24(33)29(15)13-4-14-30-2/h5-12,21H,4,13-14H2,1-3H3,(H,26,33). The Kier molecular flexibility index (Phi) is 7.00. The fourth-order valence-electron chi connectivity index (χ4n) is 3.79. The van der Waals surface area contributed by atoms with Crippen LogP contribution in [0.3, 0.4) is 0 Å². The summed E-state index contributed by atoms with van der Waals surface area (Å²) in [6.07, 6.45) is 0.806. The summed E-state index contributed by atoms with van der Waals surface area (Å²) < 4.78 is 29.5. The van der Waals surface area contributed by atoms with Crippen molar-refractivity contribution < 1.29 is 18.4 Å². The molecule has 4 rings (SSSR count). The van der Waals surface area contributed by atoms with E-state index in [1.807, 2.05) is 36.1 Å². The van der Waals surface area contributed by atoms with Crippen LogP contribution in [0.5, 0.6) is 5.75 Å². The average Bonchev–Trinajstić information content (AvgIpc) is 3.31. The predicted molar refractivity (Wildman–Crippen MR) is 127 cm³/mol. The van der Waals surface area contributed by atoms with Crippen LogP contribution in [0, 0.1) is 5.82 Å². The minimum atomic E-state index is -0.322. The van der Waals surface area contributed by atoms with Crippen molar-refractivity contribution in [3.63, 3.8) is 0 Å². The van der Waals surface area contributed by atoms with Crippen LogP contribution >= 0.6 is 12.2 Å². The third-order valence-corrected chi connectivity index (χ3v) is 5.87. The van der Waals surface area contributed by atoms with Crippen molar-refractivity contribution in [3.05, 3.63) is 71.5 Å². The van der Waals surface area contributed by atoms with Crippen molar-refractivity contribution >= 4 is 22.9 Å². The van der Waals surface area contributed by atoms with Crippen molar-refractivity contribution in [2.75, 3.05) is 27.4 Å². The Bertz CT molecular complexity index is 1150. The monoisotopic (exact) mass is 468 g/mol. The Morgan fingerprint density at radius 2 is 1.85 bits per heavy atom. The first-order valence-corrected chi connectivity index (χ1v) is 10.9. The quantitative estimate of drug-likeness (QED) is 0.380. The van der Waals surface area contributed by atoms with Gasteiger partial charge in [0.1, 0.15) is 11.6 Å². The second-order valence-corrected chi connectivity index (χ2v) is 7.97. The number of nitrogens with zero attached hydrogens (tertiary/aromatic N) is 3. The van der Waals surface area contributed by atoms with E-state index >= 15 is 0 Å². The zero-order valence-electron chi connectivity index (χ0n) is 18.7. The highest BCUT2D eigenvalue weighted by Gasteiger charge is 2.34. The zero-order valence-corrected chi connectivity index (χ0v) is 19.5. The number of benzene rings is 2. The third kappa shape index (κ3) is 4.89. The van der Waals surface area contributed by atoms with Gasteiger partial charge in [0, 0.05) is 31.5 Å². The molecule has 0 amide bonds. The number of allylic oxidation sites excluding steroid dienone is 1. The summed E-state index contributed by atoms with van der Waals surface area (Å²) in [5, 5.41) is 8.18. The third-order valence-electron chi connectivity index (χ3n) is 5.53. The van der Waals surface area contributed by atoms with Crippen LogP contribution in [-0.2, 0) is 4.74 Å². The molecule has 0 saturated heterocycles. The lowest BCUT2D eigenvalue weighted by atomic mass is 9.94. The lowest BCUT2D eigenvalue weighted by Gasteiger charge is -2.37. The molecule has 3 aromatic rings. The van der Waals surface area contributed by atoms with Crippen LogP contribution in [0.25, 0.3) is 17.0 Å². The minimum Gasteiger partial charge on any atom is -0.497 e. The first kappa shape index (κ1) is 22.9. The predicted octanol–water partition coefficient (Wildman–Crippen LogP) is 4.58. The Morgan fingerprint density at radius 1 is 1.12 bits per heavy atom. The molecule has 0 fully saturated rings. The molecular formula is C24H25FN4O3S. The molecule has 1 unspecified atom stereocenters. The first-order valence-electron chi connectivity index (χ1n) is 10.5. The van der Waals surface area contributed by atoms with E-state index in [0.717, 1.165) is 29.0 Å². The Balaban J connectivity index is 1.75. The van der Waals surface area contributed by atoms with E-state index in [4.69, 9.17) is 26.2 Å². The van der Waals surface area contributed by atoms with Gasteiger partial charge in [0.25, 0.3) is 5.89 Å². The number of nitrogens with one attached hydrogen (secondary N) is 1. The van der Waals surface area contributed by atoms with Crippen LogP contribution in [0.15, 0.2) is 58.8 Å². The minimum absolute atomic E-state index is 0.288. The van der Waals surface area contributed by atoms with Gasteiger partial charge in [-0.3, -0.25) is 0 Å². The van der Waals surface area contributed by atoms with Gasteiger partial charge in [-0.05, 0) is 67.5 Å². The molecule has 0 radical (unpaired) electrons. The van der Waals surface area contributed by atoms with E-state index in [0.29, 0.717) is 35.5 Å². The lowest BCUT2D eigenvalue weighted by Crippen LogP contribution is -2.46. The fourth-order valence-corrected chi connectivity index (χ4v) is 4.14. The van der Waals surface area contributed by atoms with E-state index in [-0.39, 0.29) is 11.9 Å². The highest BCUT2D eigenvalue weighted by molar-refractivity contribution is 7.80. The number of hydrogen-bond acceptors (Lipinski definition) is 6. The van der Waals surface area contributed by atoms with Gasteiger partial charge in [-0.2, -0.15) is 4.98 Å². The van der Waals surface area contributed by atoms with Gasteiger partial charge in [-0.25, -0.2) is 4.39 Å². The highest BCUT2D eigenvalue weighted by Crippen LogP contribution is 2.37. The molecular weight excluding hydrogens is 443 g/mol. The van der Waals surface area contributed by atoms with E-state index in [2.05, 4.69) is 15.5 Å². The number of thiocarbonyl (C=S) groups is 1. The van der Waals surface area contributed by atoms with Crippen LogP contribution in [-0.4, -0.2) is 47.5 Å². The second-order valence-electron chi connectivity index (χ2n) is 7.58. The molecule has 1 N–H and O–H groups in total. The van der Waals surface area contributed by atoms with Crippen molar-refractivity contribution in [3.8, 4) is 17.1 Å². The second kappa shape index (κ2) is 10.1. The highest BCUT2D eigenvalue weighted by atomic mass is 32.1. The number of aromatic nitrogens is 2. The van der Waals surface area contributed by atoms with Crippen LogP contribution in [0.4, 0.5) is 4.39 Å². The molecule has 1 aromatic heterocycles. The number of methoxy groups -OCH3 is 2. The molecule has 9 heteroatoms. The number of halogens is 1. The SMILES string of the molecule is COCCCN1C(=S)NC(c2ccc(OC)cc2)C(c2nc(-c3ccc(F)cc3)no2)=C1C. The smallest absolute Gasteiger partial charge is 0.258 e. The molecule has 0 aliphatic carbocycles. The molecule has 1 aliphatic rings. The molecule has 172 valence electrons. The molecule has 2 aromatic carbocycles. The molecule has 0 bridgehead atoms. The molecule has 2 heterocycles. The van der Waals surface area contributed by atoms with Gasteiger partial charge in [-0.15, -0.1) is 0 Å². The maximum absolute atomic E-state index is 13.3. The van der Waals surface area contributed by atoms with Gasteiger partial charge in [0.2, 0.25) is 5.82 Å². The molecule has 7 nitrogen and oxygen atoms in total. The van der Waals surface area contributed by atoms with Gasteiger partial charge >= 0.3 is 0 Å². The average molecular weight is 469 g/mol. The molecule has 33 heavy (non-hydrogen) atoms. The maximum Gasteiger partial charge on any atom is 0.258 e. The van der Waals surface area contributed by atoms with E-state index in [9.17, 15) is 4.39 Å². The molecule has 1 aliphatic heterocycles. The summed E-state index contributed by atoms with van der Waals surface area (Å²) in [5.41, 5.74) is 3.39. The van der Waals surface area contributed by atoms with Crippen molar-refractivity contribution in [2.45, 2.75) is 19.4 Å². The van der Waals surface area contributed by atoms with Gasteiger partial charge in [0.05, 0.1) is 18.7 Å². The summed E-state index contributed by atoms with van der Waals surface area (Å²) in [7, 11) is 3.31. The summed E-state index contributed by atoms with van der Waals surface area (Å²) in [6, 6.07) is 13.4. The summed E-state index contributed by atoms with van der Waals surface area (Å²) >= 11 is 5.69. The van der Waals surface area contributed by atoms with Crippen molar-refractivity contribution in [1.82, 2.24) is 20.4 Å². The zero-order chi connectivity index (χ0) is 23.4. The lowest BCUT2D eigenvalue weighted by molar-refractivity contribution is 0.188. The summed E-state index contributed by atoms with van der Waals surface area (Å²) in [6.45, 7) is 3.30. The Morgan fingerprint density at radius 3 is 2.52 bits per heavy atom. The van der Waals surface area contributed by atoms with Crippen LogP contribution < -0.4 is 10.1 Å². The fraction of sp³-hybridized carbons (Fsp3) is 0.292. The topological polar surface area (TPSA) is 72.7 Å². The van der Waals surface area contributed by atoms with E-state index in [1.54, 1.807) is 26.4 Å². The normalized spacial score (nSPS) is 16.2. The summed E-state index contributed by atoms with van der Waals surface area (Å²) in [5.74, 6) is 1.20. The van der Waals surface area contributed by atoms with E-state index in [1.165, 1.54) is 12.1 Å². The van der Waals surface area contributed by atoms with E-state index < -0.39 is 0 Å². The van der Waals surface area contributed by atoms with Crippen LogP contribution in [0.2, 0.25) is 0 Å². The Hall–Kier alpha value is -3.30. The van der Waals surface area contributed by atoms with Crippen molar-refractivity contribution in [1.29, 1.82) is 0 Å². The molecule has 1 atom stereocenters. The van der Waals surface area contributed by atoms with Gasteiger partial charge < -0.3 is 24.2 Å².